The maximum atomic E-state index is 11.8. The van der Waals surface area contributed by atoms with Gasteiger partial charge in [-0.1, -0.05) is 36.4 Å². The molecule has 2 heterocycles. The van der Waals surface area contributed by atoms with Crippen LogP contribution in [-0.2, 0) is 11.2 Å². The topological polar surface area (TPSA) is 176 Å². The van der Waals surface area contributed by atoms with Crippen molar-refractivity contribution in [2.45, 2.75) is 6.42 Å². The van der Waals surface area contributed by atoms with E-state index in [1.165, 1.54) is 18.2 Å². The minimum Gasteiger partial charge on any atom is -0.494 e. The Morgan fingerprint density at radius 3 is 2.39 bits per heavy atom. The van der Waals surface area contributed by atoms with Gasteiger partial charge in [0, 0.05) is 28.6 Å². The minimum atomic E-state index is -0.580. The van der Waals surface area contributed by atoms with Gasteiger partial charge >= 0.3 is 6.03 Å². The zero-order valence-corrected chi connectivity index (χ0v) is 19.9. The largest absolute Gasteiger partial charge is 0.494 e. The molecule has 1 aliphatic rings. The second-order valence-electron chi connectivity index (χ2n) is 8.59. The summed E-state index contributed by atoms with van der Waals surface area (Å²) in [6.45, 7) is 0.501. The molecular formula is C27H22N6O5. The van der Waals surface area contributed by atoms with Gasteiger partial charge in [-0.2, -0.15) is 0 Å². The van der Waals surface area contributed by atoms with Crippen LogP contribution in [0, 0.1) is 10.1 Å². The average molecular weight is 511 g/mol. The Kier molecular flexibility index (Phi) is 6.42. The van der Waals surface area contributed by atoms with Crippen LogP contribution in [0.25, 0.3) is 17.0 Å². The van der Waals surface area contributed by atoms with E-state index in [9.17, 15) is 24.8 Å². The molecule has 0 saturated carbocycles. The smallest absolute Gasteiger partial charge is 0.326 e. The SMILES string of the molecule is NCCc1ccc(C(=Nc2ccc(C=C3NC(=O)NC3=O)cc2)c2c(O)[nH]c3ccc([N+](=O)[O-])cc23)cc1. The third kappa shape index (κ3) is 4.86. The van der Waals surface area contributed by atoms with Gasteiger partial charge in [-0.05, 0) is 48.4 Å². The fourth-order valence-electron chi connectivity index (χ4n) is 4.20. The van der Waals surface area contributed by atoms with Gasteiger partial charge in [0.05, 0.1) is 21.9 Å². The standard InChI is InChI=1S/C27H22N6O5/c28-12-11-15-1-5-17(6-2-15)24(23-20-14-19(33(37)38)9-10-21(20)30-26(23)35)29-18-7-3-16(4-8-18)13-22-25(34)32-27(36)31-22/h1-10,13-14,30,35H,11-12,28H2,(H2,31,32,34,36). The zero-order valence-electron chi connectivity index (χ0n) is 19.9. The Balaban J connectivity index is 1.61. The number of aliphatic imine (C=N–C) groups is 1. The minimum absolute atomic E-state index is 0.115. The molecule has 5 rings (SSSR count). The van der Waals surface area contributed by atoms with E-state index in [0.29, 0.717) is 52.0 Å². The third-order valence-corrected chi connectivity index (χ3v) is 6.04. The average Bonchev–Trinajstić information content (AvgIpc) is 3.40. The van der Waals surface area contributed by atoms with E-state index < -0.39 is 16.9 Å². The summed E-state index contributed by atoms with van der Waals surface area (Å²) >= 11 is 0. The van der Waals surface area contributed by atoms with Crippen molar-refractivity contribution >= 4 is 46.0 Å². The number of urea groups is 1. The molecule has 11 nitrogen and oxygen atoms in total. The lowest BCUT2D eigenvalue weighted by molar-refractivity contribution is -0.384. The van der Waals surface area contributed by atoms with Crippen LogP contribution in [0.15, 0.2) is 77.4 Å². The number of fused-ring (bicyclic) bond motifs is 1. The number of non-ortho nitro benzene ring substituents is 1. The summed E-state index contributed by atoms with van der Waals surface area (Å²) in [5.41, 5.74) is 9.86. The highest BCUT2D eigenvalue weighted by Crippen LogP contribution is 2.33. The number of aromatic nitrogens is 1. The molecule has 6 N–H and O–H groups in total. The molecular weight excluding hydrogens is 488 g/mol. The maximum Gasteiger partial charge on any atom is 0.326 e. The number of hydrogen-bond acceptors (Lipinski definition) is 7. The number of nitrogens with two attached hydrogens (primary N) is 1. The van der Waals surface area contributed by atoms with Crippen LogP contribution in [0.2, 0.25) is 0 Å². The van der Waals surface area contributed by atoms with Crippen molar-refractivity contribution in [3.05, 3.63) is 105 Å². The van der Waals surface area contributed by atoms with Gasteiger partial charge in [0.25, 0.3) is 11.6 Å². The molecule has 0 aliphatic carbocycles. The van der Waals surface area contributed by atoms with Crippen LogP contribution in [0.1, 0.15) is 22.3 Å². The van der Waals surface area contributed by atoms with Gasteiger partial charge < -0.3 is 21.1 Å². The van der Waals surface area contributed by atoms with Crippen LogP contribution >= 0.6 is 0 Å². The molecule has 0 unspecified atom stereocenters. The summed E-state index contributed by atoms with van der Waals surface area (Å²) in [5.74, 6) is -0.684. The number of imide groups is 1. The second-order valence-corrected chi connectivity index (χ2v) is 8.59. The first-order chi connectivity index (χ1) is 18.3. The second kappa shape index (κ2) is 9.99. The van der Waals surface area contributed by atoms with Gasteiger partial charge in [-0.15, -0.1) is 0 Å². The molecule has 11 heteroatoms. The quantitative estimate of drug-likeness (QED) is 0.0833. The van der Waals surface area contributed by atoms with Crippen LogP contribution < -0.4 is 16.4 Å². The number of aromatic amines is 1. The Hall–Kier alpha value is -5.29. The number of rotatable bonds is 7. The Labute approximate surface area is 215 Å². The summed E-state index contributed by atoms with van der Waals surface area (Å²) in [5, 5.41) is 27.3. The Bertz CT molecular complexity index is 1640. The van der Waals surface area contributed by atoms with Crippen molar-refractivity contribution in [2.75, 3.05) is 6.54 Å². The van der Waals surface area contributed by atoms with Crippen LogP contribution in [-0.4, -0.2) is 39.2 Å². The van der Waals surface area contributed by atoms with Crippen molar-refractivity contribution < 1.29 is 19.6 Å². The van der Waals surface area contributed by atoms with Crippen LogP contribution in [0.4, 0.5) is 16.2 Å². The molecule has 38 heavy (non-hydrogen) atoms. The van der Waals surface area contributed by atoms with Crippen molar-refractivity contribution in [3.63, 3.8) is 0 Å². The first kappa shape index (κ1) is 24.4. The third-order valence-electron chi connectivity index (χ3n) is 6.04. The van der Waals surface area contributed by atoms with Crippen molar-refractivity contribution in [3.8, 4) is 5.88 Å². The van der Waals surface area contributed by atoms with Crippen molar-refractivity contribution in [2.24, 2.45) is 10.7 Å². The van der Waals surface area contributed by atoms with Gasteiger partial charge in [-0.25, -0.2) is 9.79 Å². The summed E-state index contributed by atoms with van der Waals surface area (Å²) in [6, 6.07) is 18.2. The van der Waals surface area contributed by atoms with Crippen LogP contribution in [0.5, 0.6) is 5.88 Å². The molecule has 0 atom stereocenters. The predicted octanol–water partition coefficient (Wildman–Crippen LogP) is 3.63. The number of nitro groups is 1. The normalized spacial score (nSPS) is 14.7. The van der Waals surface area contributed by atoms with Crippen molar-refractivity contribution in [1.29, 1.82) is 0 Å². The number of aromatic hydroxyl groups is 1. The van der Waals surface area contributed by atoms with Gasteiger partial charge in [0.1, 0.15) is 5.70 Å². The highest BCUT2D eigenvalue weighted by molar-refractivity contribution is 6.22. The molecule has 3 aromatic carbocycles. The number of nitrogens with zero attached hydrogens (tertiary/aromatic N) is 2. The lowest BCUT2D eigenvalue weighted by Gasteiger charge is -2.09. The van der Waals surface area contributed by atoms with Crippen LogP contribution in [0.3, 0.4) is 0 Å². The number of amides is 3. The van der Waals surface area contributed by atoms with Crippen molar-refractivity contribution in [1.82, 2.24) is 15.6 Å². The molecule has 0 bridgehead atoms. The molecule has 1 fully saturated rings. The zero-order chi connectivity index (χ0) is 26.8. The molecule has 190 valence electrons. The van der Waals surface area contributed by atoms with E-state index >= 15 is 0 Å². The van der Waals surface area contributed by atoms with E-state index in [0.717, 1.165) is 5.56 Å². The summed E-state index contributed by atoms with van der Waals surface area (Å²) < 4.78 is 0. The fourth-order valence-corrected chi connectivity index (χ4v) is 4.20. The number of carbonyl (C=O) groups excluding carboxylic acids is 2. The number of benzene rings is 3. The van der Waals surface area contributed by atoms with Gasteiger partial charge in [0.15, 0.2) is 5.88 Å². The number of nitro benzene ring substituents is 1. The monoisotopic (exact) mass is 510 g/mol. The first-order valence-electron chi connectivity index (χ1n) is 11.6. The van der Waals surface area contributed by atoms with E-state index in [1.54, 1.807) is 30.3 Å². The summed E-state index contributed by atoms with van der Waals surface area (Å²) in [6.07, 6.45) is 2.24. The lowest BCUT2D eigenvalue weighted by atomic mass is 9.98. The van der Waals surface area contributed by atoms with E-state index in [-0.39, 0.29) is 17.3 Å². The molecule has 1 aromatic heterocycles. The maximum absolute atomic E-state index is 11.8. The van der Waals surface area contributed by atoms with Gasteiger partial charge in [0.2, 0.25) is 0 Å². The molecule has 0 radical (unpaired) electrons. The highest BCUT2D eigenvalue weighted by Gasteiger charge is 2.23. The number of carbonyl (C=O) groups is 2. The van der Waals surface area contributed by atoms with E-state index in [4.69, 9.17) is 10.7 Å². The predicted molar refractivity (Wildman–Crippen MR) is 142 cm³/mol. The fraction of sp³-hybridized carbons (Fsp3) is 0.0741. The molecule has 0 spiro atoms. The molecule has 4 aromatic rings. The number of nitrogens with one attached hydrogen (secondary N) is 3. The molecule has 1 aliphatic heterocycles. The number of H-pyrrole nitrogens is 1. The first-order valence-corrected chi connectivity index (χ1v) is 11.6. The molecule has 1 saturated heterocycles. The Morgan fingerprint density at radius 2 is 1.76 bits per heavy atom. The number of hydrogen-bond donors (Lipinski definition) is 5. The molecule has 3 amide bonds. The summed E-state index contributed by atoms with van der Waals surface area (Å²) in [7, 11) is 0. The highest BCUT2D eigenvalue weighted by atomic mass is 16.6. The summed E-state index contributed by atoms with van der Waals surface area (Å²) in [4.78, 5) is 41.8. The Morgan fingerprint density at radius 1 is 1.03 bits per heavy atom. The van der Waals surface area contributed by atoms with E-state index in [2.05, 4.69) is 15.6 Å². The van der Waals surface area contributed by atoms with Gasteiger partial charge in [-0.3, -0.25) is 20.2 Å². The van der Waals surface area contributed by atoms with E-state index in [1.807, 2.05) is 24.3 Å². The lowest BCUT2D eigenvalue weighted by Crippen LogP contribution is -2.22.